The Morgan fingerprint density at radius 3 is 2.54 bits per heavy atom. The summed E-state index contributed by atoms with van der Waals surface area (Å²) < 4.78 is 39.2. The Labute approximate surface area is 164 Å². The van der Waals surface area contributed by atoms with Crippen LogP contribution in [0.2, 0.25) is 5.02 Å². The first-order chi connectivity index (χ1) is 12.9. The number of nitrogens with zero attached hydrogens (tertiary/aromatic N) is 2. The van der Waals surface area contributed by atoms with Crippen molar-refractivity contribution in [3.05, 3.63) is 33.8 Å². The van der Waals surface area contributed by atoms with E-state index in [2.05, 4.69) is 0 Å². The van der Waals surface area contributed by atoms with Gasteiger partial charge in [0.2, 0.25) is 5.60 Å². The minimum atomic E-state index is -5.10. The number of carboxylic acid groups (broad SMARTS) is 1. The van der Waals surface area contributed by atoms with Crippen molar-refractivity contribution < 1.29 is 33.0 Å². The fourth-order valence-electron chi connectivity index (χ4n) is 3.88. The predicted molar refractivity (Wildman–Crippen MR) is 94.0 cm³/mol. The molecule has 154 valence electrons. The minimum Gasteiger partial charge on any atom is -0.465 e. The number of fused-ring (bicyclic) bond motifs is 1. The lowest BCUT2D eigenvalue weighted by molar-refractivity contribution is -0.250. The lowest BCUT2D eigenvalue weighted by atomic mass is 9.89. The fraction of sp³-hybridized carbons (Fsp3) is 0.556. The van der Waals surface area contributed by atoms with Crippen molar-refractivity contribution >= 4 is 23.6 Å². The van der Waals surface area contributed by atoms with Gasteiger partial charge in [-0.25, -0.2) is 4.79 Å². The van der Waals surface area contributed by atoms with Crippen LogP contribution in [0.15, 0.2) is 12.1 Å². The van der Waals surface area contributed by atoms with Gasteiger partial charge in [0.05, 0.1) is 6.04 Å². The van der Waals surface area contributed by atoms with Crippen molar-refractivity contribution in [2.75, 3.05) is 13.1 Å². The molecule has 2 aliphatic heterocycles. The Hall–Kier alpha value is -2.00. The summed E-state index contributed by atoms with van der Waals surface area (Å²) >= 11 is 6.18. The summed E-state index contributed by atoms with van der Waals surface area (Å²) in [5.41, 5.74) is -1.51. The van der Waals surface area contributed by atoms with Crippen molar-refractivity contribution in [3.63, 3.8) is 0 Å². The van der Waals surface area contributed by atoms with Gasteiger partial charge in [-0.15, -0.1) is 0 Å². The van der Waals surface area contributed by atoms with E-state index < -0.39 is 29.8 Å². The van der Waals surface area contributed by atoms with Crippen LogP contribution in [0, 0.1) is 0 Å². The number of alkyl halides is 3. The molecular weight excluding hydrogens is 401 g/mol. The van der Waals surface area contributed by atoms with Crippen LogP contribution in [0.3, 0.4) is 0 Å². The van der Waals surface area contributed by atoms with Gasteiger partial charge in [-0.1, -0.05) is 11.6 Å². The van der Waals surface area contributed by atoms with Gasteiger partial charge in [-0.05, 0) is 55.0 Å². The second kappa shape index (κ2) is 7.11. The van der Waals surface area contributed by atoms with Gasteiger partial charge in [0.15, 0.2) is 0 Å². The Kier molecular flexibility index (Phi) is 5.26. The number of halogens is 4. The highest BCUT2D eigenvalue weighted by atomic mass is 35.5. The number of likely N-dealkylation sites (tertiary alicyclic amines) is 1. The average molecular weight is 421 g/mol. The molecule has 2 heterocycles. The summed E-state index contributed by atoms with van der Waals surface area (Å²) in [6, 6.07) is 2.83. The van der Waals surface area contributed by atoms with Gasteiger partial charge in [0.1, 0.15) is 0 Å². The summed E-state index contributed by atoms with van der Waals surface area (Å²) in [5, 5.41) is 19.6. The SMILES string of the molecule is C[C@@](O)(C(=O)N1CCc2cc(Cl)cc([C@@H]3CCCN3C(=O)O)c2C1)C(F)(F)F. The van der Waals surface area contributed by atoms with Crippen molar-refractivity contribution in [1.82, 2.24) is 9.80 Å². The third-order valence-corrected chi connectivity index (χ3v) is 5.67. The van der Waals surface area contributed by atoms with E-state index in [0.717, 1.165) is 10.5 Å². The second-order valence-electron chi connectivity index (χ2n) is 7.31. The van der Waals surface area contributed by atoms with Crippen molar-refractivity contribution in [3.8, 4) is 0 Å². The van der Waals surface area contributed by atoms with Crippen molar-refractivity contribution in [2.24, 2.45) is 0 Å². The molecule has 1 fully saturated rings. The zero-order valence-electron chi connectivity index (χ0n) is 15.1. The fourth-order valence-corrected chi connectivity index (χ4v) is 4.13. The average Bonchev–Trinajstić information content (AvgIpc) is 3.08. The van der Waals surface area contributed by atoms with E-state index in [1.165, 1.54) is 4.90 Å². The molecule has 0 bridgehead atoms. The summed E-state index contributed by atoms with van der Waals surface area (Å²) in [7, 11) is 0. The summed E-state index contributed by atoms with van der Waals surface area (Å²) in [6.45, 7) is 0.658. The van der Waals surface area contributed by atoms with Gasteiger partial charge in [-0.3, -0.25) is 4.79 Å². The maximum Gasteiger partial charge on any atom is 0.426 e. The van der Waals surface area contributed by atoms with Crippen LogP contribution in [0.1, 0.15) is 42.5 Å². The standard InChI is InChI=1S/C18H20ClF3N2O4/c1-17(28,18(20,21)22)15(25)23-6-4-10-7-11(19)8-12(13(10)9-23)14-3-2-5-24(14)16(26)27/h7-8,14,28H,2-6,9H2,1H3,(H,26,27)/t14-,17+/m0/s1. The van der Waals surface area contributed by atoms with Crippen molar-refractivity contribution in [2.45, 2.75) is 50.6 Å². The third-order valence-electron chi connectivity index (χ3n) is 5.45. The molecule has 1 aromatic carbocycles. The highest BCUT2D eigenvalue weighted by Crippen LogP contribution is 2.39. The van der Waals surface area contributed by atoms with Crippen LogP contribution in [-0.2, 0) is 17.8 Å². The van der Waals surface area contributed by atoms with E-state index in [1.807, 2.05) is 0 Å². The van der Waals surface area contributed by atoms with E-state index in [0.29, 0.717) is 42.5 Å². The molecule has 0 radical (unpaired) electrons. The Morgan fingerprint density at radius 2 is 1.93 bits per heavy atom. The number of amides is 2. The molecule has 0 saturated carbocycles. The van der Waals surface area contributed by atoms with E-state index in [-0.39, 0.29) is 19.5 Å². The number of benzene rings is 1. The minimum absolute atomic E-state index is 0.00512. The molecule has 0 unspecified atom stereocenters. The van der Waals surface area contributed by atoms with E-state index in [4.69, 9.17) is 11.6 Å². The molecule has 2 atom stereocenters. The van der Waals surface area contributed by atoms with Gasteiger partial charge >= 0.3 is 12.3 Å². The normalized spacial score (nSPS) is 22.0. The van der Waals surface area contributed by atoms with E-state index >= 15 is 0 Å². The maximum atomic E-state index is 13.1. The molecule has 6 nitrogen and oxygen atoms in total. The van der Waals surface area contributed by atoms with Crippen LogP contribution >= 0.6 is 11.6 Å². The summed E-state index contributed by atoms with van der Waals surface area (Å²) in [6.07, 6.45) is -4.70. The molecule has 1 aromatic rings. The van der Waals surface area contributed by atoms with Crippen molar-refractivity contribution in [1.29, 1.82) is 0 Å². The van der Waals surface area contributed by atoms with Crippen LogP contribution in [0.5, 0.6) is 0 Å². The lowest BCUT2D eigenvalue weighted by Gasteiger charge is -2.37. The first kappa shape index (κ1) is 20.7. The largest absolute Gasteiger partial charge is 0.465 e. The van der Waals surface area contributed by atoms with Gasteiger partial charge in [0.25, 0.3) is 5.91 Å². The molecule has 2 amide bonds. The summed E-state index contributed by atoms with van der Waals surface area (Å²) in [5.74, 6) is -1.42. The Morgan fingerprint density at radius 1 is 1.25 bits per heavy atom. The van der Waals surface area contributed by atoms with Crippen LogP contribution < -0.4 is 0 Å². The third kappa shape index (κ3) is 3.53. The molecule has 3 rings (SSSR count). The summed E-state index contributed by atoms with van der Waals surface area (Å²) in [4.78, 5) is 26.1. The lowest BCUT2D eigenvalue weighted by Crippen LogP contribution is -2.56. The first-order valence-electron chi connectivity index (χ1n) is 8.82. The number of rotatable bonds is 2. The number of carbonyl (C=O) groups excluding carboxylic acids is 1. The van der Waals surface area contributed by atoms with Gasteiger partial charge in [0, 0.05) is 24.7 Å². The van der Waals surface area contributed by atoms with Gasteiger partial charge in [-0.2, -0.15) is 13.2 Å². The topological polar surface area (TPSA) is 81.1 Å². The smallest absolute Gasteiger partial charge is 0.426 e. The zero-order valence-corrected chi connectivity index (χ0v) is 15.8. The molecule has 10 heteroatoms. The molecule has 2 N–H and O–H groups in total. The van der Waals surface area contributed by atoms with Gasteiger partial charge < -0.3 is 20.0 Å². The molecule has 0 spiro atoms. The number of hydrogen-bond donors (Lipinski definition) is 2. The molecule has 0 aliphatic carbocycles. The van der Waals surface area contributed by atoms with Crippen LogP contribution in [-0.4, -0.2) is 56.9 Å². The highest BCUT2D eigenvalue weighted by molar-refractivity contribution is 6.30. The molecular formula is C18H20ClF3N2O4. The molecule has 1 saturated heterocycles. The quantitative estimate of drug-likeness (QED) is 0.768. The monoisotopic (exact) mass is 420 g/mol. The Balaban J connectivity index is 1.97. The maximum absolute atomic E-state index is 13.1. The number of hydrogen-bond acceptors (Lipinski definition) is 3. The molecule has 0 aromatic heterocycles. The molecule has 2 aliphatic rings. The predicted octanol–water partition coefficient (Wildman–Crippen LogP) is 3.35. The zero-order chi connectivity index (χ0) is 20.9. The van der Waals surface area contributed by atoms with E-state index in [9.17, 15) is 33.0 Å². The van der Waals surface area contributed by atoms with Crippen LogP contribution in [0.4, 0.5) is 18.0 Å². The van der Waals surface area contributed by atoms with Crippen LogP contribution in [0.25, 0.3) is 0 Å². The molecule has 28 heavy (non-hydrogen) atoms. The first-order valence-corrected chi connectivity index (χ1v) is 9.20. The number of aliphatic hydroxyl groups is 1. The number of carbonyl (C=O) groups is 2. The van der Waals surface area contributed by atoms with E-state index in [1.54, 1.807) is 12.1 Å². The Bertz CT molecular complexity index is 813. The highest BCUT2D eigenvalue weighted by Gasteiger charge is 2.57. The second-order valence-corrected chi connectivity index (χ2v) is 7.75.